The molecule has 0 fully saturated rings. The van der Waals surface area contributed by atoms with Crippen molar-refractivity contribution in [3.63, 3.8) is 0 Å². The van der Waals surface area contributed by atoms with E-state index in [1.165, 1.54) is 18.2 Å². The minimum Gasteiger partial charge on any atom is -0.437 e. The van der Waals surface area contributed by atoms with Crippen molar-refractivity contribution >= 4 is 17.3 Å². The normalized spacial score (nSPS) is 10.2. The van der Waals surface area contributed by atoms with Crippen molar-refractivity contribution in [2.24, 2.45) is 0 Å². The molecule has 0 amide bonds. The lowest BCUT2D eigenvalue weighted by Crippen LogP contribution is -2.08. The molecule has 19 heavy (non-hydrogen) atoms. The van der Waals surface area contributed by atoms with Gasteiger partial charge in [0.2, 0.25) is 5.88 Å². The molecular weight excluding hydrogens is 274 g/mol. The van der Waals surface area contributed by atoms with Crippen LogP contribution in [-0.2, 0) is 0 Å². The number of aromatic amines is 1. The van der Waals surface area contributed by atoms with Crippen LogP contribution in [0, 0.1) is 17.0 Å². The molecule has 2 aromatic rings. The van der Waals surface area contributed by atoms with Crippen LogP contribution in [0.3, 0.4) is 0 Å². The summed E-state index contributed by atoms with van der Waals surface area (Å²) in [5, 5.41) is 10.5. The van der Waals surface area contributed by atoms with Crippen molar-refractivity contribution in [1.82, 2.24) is 9.97 Å². The van der Waals surface area contributed by atoms with Crippen LogP contribution in [0.5, 0.6) is 11.6 Å². The summed E-state index contributed by atoms with van der Waals surface area (Å²) < 4.78 is 5.34. The first-order valence-corrected chi connectivity index (χ1v) is 5.53. The number of hydrogen-bond acceptors (Lipinski definition) is 5. The number of benzene rings is 1. The fourth-order valence-corrected chi connectivity index (χ4v) is 1.50. The molecule has 0 saturated carbocycles. The highest BCUT2D eigenvalue weighted by atomic mass is 35.5. The first-order valence-electron chi connectivity index (χ1n) is 5.15. The molecule has 0 aliphatic carbocycles. The molecule has 1 aromatic heterocycles. The summed E-state index contributed by atoms with van der Waals surface area (Å²) in [6, 6.07) is 4.14. The number of non-ortho nitro benzene ring substituents is 1. The van der Waals surface area contributed by atoms with E-state index < -0.39 is 10.5 Å². The summed E-state index contributed by atoms with van der Waals surface area (Å²) in [5.74, 6) is 0.114. The molecule has 2 rings (SSSR count). The van der Waals surface area contributed by atoms with Crippen LogP contribution >= 0.6 is 11.6 Å². The zero-order chi connectivity index (χ0) is 14.0. The highest BCUT2D eigenvalue weighted by Gasteiger charge is 2.13. The lowest BCUT2D eigenvalue weighted by molar-refractivity contribution is -0.384. The number of nitrogens with zero attached hydrogens (tertiary/aromatic N) is 2. The van der Waals surface area contributed by atoms with E-state index in [0.717, 1.165) is 6.33 Å². The number of nitro benzene ring substituents is 1. The Labute approximate surface area is 112 Å². The van der Waals surface area contributed by atoms with Gasteiger partial charge in [-0.3, -0.25) is 14.9 Å². The highest BCUT2D eigenvalue weighted by molar-refractivity contribution is 6.31. The van der Waals surface area contributed by atoms with Gasteiger partial charge in [-0.15, -0.1) is 0 Å². The Kier molecular flexibility index (Phi) is 3.48. The summed E-state index contributed by atoms with van der Waals surface area (Å²) in [4.78, 5) is 27.5. The second-order valence-electron chi connectivity index (χ2n) is 3.66. The van der Waals surface area contributed by atoms with E-state index in [4.69, 9.17) is 16.3 Å². The Hall–Kier alpha value is -2.41. The van der Waals surface area contributed by atoms with Crippen LogP contribution < -0.4 is 10.3 Å². The number of aromatic nitrogens is 2. The van der Waals surface area contributed by atoms with Gasteiger partial charge in [0.05, 0.1) is 17.3 Å². The largest absolute Gasteiger partial charge is 0.437 e. The van der Waals surface area contributed by atoms with Gasteiger partial charge in [0.1, 0.15) is 5.75 Å². The fourth-order valence-electron chi connectivity index (χ4n) is 1.35. The number of ether oxygens (including phenoxy) is 1. The zero-order valence-electron chi connectivity index (χ0n) is 9.71. The van der Waals surface area contributed by atoms with Crippen LogP contribution in [0.2, 0.25) is 5.02 Å². The molecule has 0 bridgehead atoms. The number of nitro groups is 1. The van der Waals surface area contributed by atoms with E-state index in [9.17, 15) is 14.9 Å². The van der Waals surface area contributed by atoms with Gasteiger partial charge in [0, 0.05) is 6.07 Å². The summed E-state index contributed by atoms with van der Waals surface area (Å²) in [5.41, 5.74) is -0.0138. The summed E-state index contributed by atoms with van der Waals surface area (Å²) in [6.45, 7) is 1.71. The average molecular weight is 282 g/mol. The monoisotopic (exact) mass is 281 g/mol. The third-order valence-corrected chi connectivity index (χ3v) is 2.69. The number of H-pyrrole nitrogens is 1. The molecule has 0 spiro atoms. The van der Waals surface area contributed by atoms with Gasteiger partial charge in [-0.2, -0.15) is 0 Å². The Balaban J connectivity index is 2.43. The minimum atomic E-state index is -0.547. The van der Waals surface area contributed by atoms with Crippen LogP contribution in [-0.4, -0.2) is 14.9 Å². The fraction of sp³-hybridized carbons (Fsp3) is 0.0909. The van der Waals surface area contributed by atoms with Crippen LogP contribution in [0.15, 0.2) is 29.3 Å². The lowest BCUT2D eigenvalue weighted by Gasteiger charge is -2.07. The Morgan fingerprint density at radius 3 is 2.89 bits per heavy atom. The first kappa shape index (κ1) is 13.0. The minimum absolute atomic E-state index is 0.103. The van der Waals surface area contributed by atoms with E-state index in [1.54, 1.807) is 6.92 Å². The van der Waals surface area contributed by atoms with E-state index in [2.05, 4.69) is 9.97 Å². The summed E-state index contributed by atoms with van der Waals surface area (Å²) in [6.07, 6.45) is 1.14. The predicted molar refractivity (Wildman–Crippen MR) is 67.8 cm³/mol. The van der Waals surface area contributed by atoms with Gasteiger partial charge >= 0.3 is 0 Å². The van der Waals surface area contributed by atoms with Gasteiger partial charge in [-0.1, -0.05) is 11.6 Å². The molecule has 0 unspecified atom stereocenters. The molecule has 8 heteroatoms. The van der Waals surface area contributed by atoms with E-state index in [1.807, 2.05) is 0 Å². The number of rotatable bonds is 3. The average Bonchev–Trinajstić information content (AvgIpc) is 2.37. The number of nitrogens with one attached hydrogen (secondary N) is 1. The molecule has 1 N–H and O–H groups in total. The van der Waals surface area contributed by atoms with Crippen LogP contribution in [0.1, 0.15) is 5.56 Å². The highest BCUT2D eigenvalue weighted by Crippen LogP contribution is 2.29. The molecule has 0 radical (unpaired) electrons. The number of aryl methyl sites for hydroxylation is 1. The predicted octanol–water partition coefficient (Wildman–Crippen LogP) is 2.43. The Morgan fingerprint density at radius 2 is 2.21 bits per heavy atom. The maximum Gasteiger partial charge on any atom is 0.273 e. The number of hydrogen-bond donors (Lipinski definition) is 1. The van der Waals surface area contributed by atoms with Crippen molar-refractivity contribution < 1.29 is 9.66 Å². The van der Waals surface area contributed by atoms with Gasteiger partial charge < -0.3 is 9.72 Å². The molecule has 0 atom stereocenters. The number of halogens is 1. The Bertz CT molecular complexity index is 699. The molecule has 98 valence electrons. The third-order valence-electron chi connectivity index (χ3n) is 2.35. The molecule has 0 aliphatic heterocycles. The van der Waals surface area contributed by atoms with Crippen LogP contribution in [0.25, 0.3) is 0 Å². The standard InChI is InChI=1S/C11H8ClN3O4/c1-6-2-3-7(15(17)18)4-8(6)19-11-9(12)10(16)13-5-14-11/h2-5H,1H3,(H,13,14,16). The van der Waals surface area contributed by atoms with Crippen molar-refractivity contribution in [2.45, 2.75) is 6.92 Å². The van der Waals surface area contributed by atoms with E-state index >= 15 is 0 Å². The molecule has 0 saturated heterocycles. The second-order valence-corrected chi connectivity index (χ2v) is 4.04. The molecule has 1 aromatic carbocycles. The van der Waals surface area contributed by atoms with Gasteiger partial charge in [0.25, 0.3) is 11.2 Å². The smallest absolute Gasteiger partial charge is 0.273 e. The quantitative estimate of drug-likeness (QED) is 0.688. The molecular formula is C11H8ClN3O4. The van der Waals surface area contributed by atoms with Crippen molar-refractivity contribution in [2.75, 3.05) is 0 Å². The maximum absolute atomic E-state index is 11.3. The van der Waals surface area contributed by atoms with Crippen molar-refractivity contribution in [3.05, 3.63) is 55.6 Å². The van der Waals surface area contributed by atoms with Gasteiger partial charge in [0.15, 0.2) is 5.02 Å². The van der Waals surface area contributed by atoms with Crippen molar-refractivity contribution in [3.8, 4) is 11.6 Å². The zero-order valence-corrected chi connectivity index (χ0v) is 10.5. The first-order chi connectivity index (χ1) is 8.99. The lowest BCUT2D eigenvalue weighted by atomic mass is 10.2. The molecule has 7 nitrogen and oxygen atoms in total. The SMILES string of the molecule is Cc1ccc([N+](=O)[O-])cc1Oc1nc[nH]c(=O)c1Cl. The third kappa shape index (κ3) is 2.71. The van der Waals surface area contributed by atoms with Gasteiger partial charge in [-0.25, -0.2) is 4.98 Å². The van der Waals surface area contributed by atoms with E-state index in [0.29, 0.717) is 5.56 Å². The summed E-state index contributed by atoms with van der Waals surface area (Å²) >= 11 is 5.73. The topological polar surface area (TPSA) is 98.1 Å². The summed E-state index contributed by atoms with van der Waals surface area (Å²) in [7, 11) is 0. The van der Waals surface area contributed by atoms with Crippen LogP contribution in [0.4, 0.5) is 5.69 Å². The van der Waals surface area contributed by atoms with Gasteiger partial charge in [-0.05, 0) is 18.6 Å². The Morgan fingerprint density at radius 1 is 1.47 bits per heavy atom. The second kappa shape index (κ2) is 5.07. The molecule has 1 heterocycles. The van der Waals surface area contributed by atoms with E-state index in [-0.39, 0.29) is 22.3 Å². The maximum atomic E-state index is 11.3. The van der Waals surface area contributed by atoms with Crippen molar-refractivity contribution in [1.29, 1.82) is 0 Å². The molecule has 0 aliphatic rings.